The number of hydrogen-bond donors (Lipinski definition) is 0. The van der Waals surface area contributed by atoms with Crippen molar-refractivity contribution in [3.8, 4) is 11.5 Å². The van der Waals surface area contributed by atoms with Crippen LogP contribution in [0.25, 0.3) is 0 Å². The van der Waals surface area contributed by atoms with Crippen molar-refractivity contribution in [3.63, 3.8) is 0 Å². The van der Waals surface area contributed by atoms with Crippen molar-refractivity contribution in [2.24, 2.45) is 5.41 Å². The highest BCUT2D eigenvalue weighted by molar-refractivity contribution is 7.99. The predicted octanol–water partition coefficient (Wildman–Crippen LogP) is 12.5. The summed E-state index contributed by atoms with van der Waals surface area (Å²) in [5, 5.41) is 0. The van der Waals surface area contributed by atoms with E-state index in [1.54, 1.807) is 23.9 Å². The first-order chi connectivity index (χ1) is 23.3. The summed E-state index contributed by atoms with van der Waals surface area (Å²) in [6.07, 6.45) is 0. The molecule has 8 heteroatoms. The van der Waals surface area contributed by atoms with Crippen LogP contribution in [0.15, 0.2) is 107 Å². The molecule has 0 radical (unpaired) electrons. The van der Waals surface area contributed by atoms with E-state index in [0.717, 1.165) is 26.9 Å². The van der Waals surface area contributed by atoms with Gasteiger partial charge in [0.2, 0.25) is 16.6 Å². The van der Waals surface area contributed by atoms with Gasteiger partial charge in [-0.2, -0.15) is 0 Å². The molecule has 0 saturated carbocycles. The summed E-state index contributed by atoms with van der Waals surface area (Å²) in [5.41, 5.74) is 2.89. The van der Waals surface area contributed by atoms with Gasteiger partial charge in [-0.1, -0.05) is 82.8 Å². The number of rotatable bonds is 10. The number of carbonyl (C=O) groups is 2. The Bertz CT molecular complexity index is 1670. The Morgan fingerprint density at radius 3 is 1.18 bits per heavy atom. The maximum atomic E-state index is 12.3. The summed E-state index contributed by atoms with van der Waals surface area (Å²) in [6.45, 7) is 29.1. The molecule has 0 heterocycles. The Morgan fingerprint density at radius 2 is 0.863 bits per heavy atom. The first kappa shape index (κ1) is 41.8. The molecule has 0 bridgehead atoms. The summed E-state index contributed by atoms with van der Waals surface area (Å²) in [5.74, 6) is 1.75. The SMILES string of the molecule is CC(C)(C)OC(=O)c1ccc(Sc2ccc(C(=O)C(C)(C)C)cc2)cc1.CC(C)(c1ccc(O[Si](C)(C)C)cc1)c1ccc(O[Si](C)(C)C)cc1. The van der Waals surface area contributed by atoms with Crippen molar-refractivity contribution < 1.29 is 23.2 Å². The highest BCUT2D eigenvalue weighted by Gasteiger charge is 2.25. The number of ketones is 1. The van der Waals surface area contributed by atoms with Gasteiger partial charge < -0.3 is 13.6 Å². The monoisotopic (exact) mass is 742 g/mol. The van der Waals surface area contributed by atoms with Gasteiger partial charge in [-0.25, -0.2) is 4.79 Å². The van der Waals surface area contributed by atoms with Crippen molar-refractivity contribution >= 4 is 40.1 Å². The van der Waals surface area contributed by atoms with Crippen LogP contribution < -0.4 is 8.85 Å². The zero-order valence-electron chi connectivity index (χ0n) is 33.2. The van der Waals surface area contributed by atoms with E-state index in [-0.39, 0.29) is 22.6 Å². The minimum absolute atomic E-state index is 0.0601. The Hall–Kier alpha value is -3.60. The Labute approximate surface area is 313 Å². The molecule has 0 aliphatic rings. The second kappa shape index (κ2) is 16.4. The fourth-order valence-corrected chi connectivity index (χ4v) is 7.50. The average Bonchev–Trinajstić information content (AvgIpc) is 2.99. The number of esters is 1. The number of benzene rings is 4. The highest BCUT2D eigenvalue weighted by Crippen LogP contribution is 2.34. The molecular weight excluding hydrogens is 685 g/mol. The summed E-state index contributed by atoms with van der Waals surface area (Å²) in [6, 6.07) is 32.1. The van der Waals surface area contributed by atoms with Crippen LogP contribution >= 0.6 is 11.8 Å². The van der Waals surface area contributed by atoms with Gasteiger partial charge in [-0.15, -0.1) is 0 Å². The van der Waals surface area contributed by atoms with Crippen molar-refractivity contribution in [2.45, 2.75) is 115 Å². The molecule has 274 valence electrons. The molecule has 0 fully saturated rings. The minimum Gasteiger partial charge on any atom is -0.544 e. The van der Waals surface area contributed by atoms with Crippen LogP contribution in [0.1, 0.15) is 87.2 Å². The van der Waals surface area contributed by atoms with E-state index in [9.17, 15) is 9.59 Å². The molecule has 0 unspecified atom stereocenters. The van der Waals surface area contributed by atoms with Crippen LogP contribution in [0.4, 0.5) is 0 Å². The molecule has 0 aliphatic heterocycles. The standard InChI is InChI=1S/C22H26O3S.C21H32O2Si2/c1-21(2,3)19(23)15-7-11-17(12-8-15)26-18-13-9-16(10-14-18)20(24)25-22(4,5)6;1-21(2,17-9-13-19(14-10-17)22-24(3,4)5)18-11-15-20(16-12-18)23-25(6,7)8/h7-14H,1-6H3;9-16H,1-8H3. The molecule has 0 aromatic heterocycles. The molecule has 0 saturated heterocycles. The summed E-state index contributed by atoms with van der Waals surface area (Å²) >= 11 is 1.59. The zero-order chi connectivity index (χ0) is 38.4. The summed E-state index contributed by atoms with van der Waals surface area (Å²) < 4.78 is 17.5. The maximum absolute atomic E-state index is 12.3. The normalized spacial score (nSPS) is 12.4. The van der Waals surface area contributed by atoms with Gasteiger partial charge in [0.05, 0.1) is 5.56 Å². The highest BCUT2D eigenvalue weighted by atomic mass is 32.2. The fourth-order valence-electron chi connectivity index (χ4n) is 4.99. The van der Waals surface area contributed by atoms with E-state index < -0.39 is 22.2 Å². The molecule has 4 aromatic rings. The molecule has 0 N–H and O–H groups in total. The van der Waals surface area contributed by atoms with E-state index >= 15 is 0 Å². The quantitative estimate of drug-likeness (QED) is 0.0916. The van der Waals surface area contributed by atoms with Gasteiger partial charge in [-0.05, 0) is 132 Å². The Morgan fingerprint density at radius 1 is 0.510 bits per heavy atom. The second-order valence-electron chi connectivity index (χ2n) is 17.3. The molecule has 0 amide bonds. The molecule has 5 nitrogen and oxygen atoms in total. The molecule has 0 atom stereocenters. The lowest BCUT2D eigenvalue weighted by atomic mass is 9.78. The van der Waals surface area contributed by atoms with E-state index in [1.807, 2.05) is 77.9 Å². The van der Waals surface area contributed by atoms with E-state index in [4.69, 9.17) is 13.6 Å². The third-order valence-corrected chi connectivity index (χ3v) is 10.2. The largest absolute Gasteiger partial charge is 0.544 e. The molecule has 0 spiro atoms. The van der Waals surface area contributed by atoms with Crippen molar-refractivity contribution in [3.05, 3.63) is 119 Å². The average molecular weight is 743 g/mol. The summed E-state index contributed by atoms with van der Waals surface area (Å²) in [4.78, 5) is 26.4. The second-order valence-corrected chi connectivity index (χ2v) is 27.3. The Kier molecular flexibility index (Phi) is 13.4. The van der Waals surface area contributed by atoms with Crippen molar-refractivity contribution in [1.29, 1.82) is 0 Å². The van der Waals surface area contributed by atoms with Gasteiger partial charge in [0.1, 0.15) is 17.1 Å². The molecule has 4 aromatic carbocycles. The van der Waals surface area contributed by atoms with Gasteiger partial charge in [-0.3, -0.25) is 4.79 Å². The predicted molar refractivity (Wildman–Crippen MR) is 219 cm³/mol. The molecule has 51 heavy (non-hydrogen) atoms. The van der Waals surface area contributed by atoms with Crippen LogP contribution in [-0.4, -0.2) is 34.0 Å². The van der Waals surface area contributed by atoms with Gasteiger partial charge >= 0.3 is 5.97 Å². The number of Topliss-reactive ketones (excluding diaryl/α,β-unsaturated/α-hetero) is 1. The molecule has 4 rings (SSSR count). The lowest BCUT2D eigenvalue weighted by molar-refractivity contribution is 0.00693. The van der Waals surface area contributed by atoms with Crippen molar-refractivity contribution in [1.82, 2.24) is 0 Å². The van der Waals surface area contributed by atoms with E-state index in [0.29, 0.717) is 5.56 Å². The first-order valence-corrected chi connectivity index (χ1v) is 25.2. The van der Waals surface area contributed by atoms with Gasteiger partial charge in [0.25, 0.3) is 0 Å². The summed E-state index contributed by atoms with van der Waals surface area (Å²) in [7, 11) is -3.12. The van der Waals surface area contributed by atoms with Crippen molar-refractivity contribution in [2.75, 3.05) is 0 Å². The van der Waals surface area contributed by atoms with E-state index in [2.05, 4.69) is 102 Å². The Balaban J connectivity index is 0.000000276. The van der Waals surface area contributed by atoms with Gasteiger partial charge in [0.15, 0.2) is 5.78 Å². The number of carbonyl (C=O) groups excluding carboxylic acids is 2. The third kappa shape index (κ3) is 13.8. The third-order valence-electron chi connectivity index (χ3n) is 7.52. The van der Waals surface area contributed by atoms with Crippen LogP contribution in [0.5, 0.6) is 11.5 Å². The van der Waals surface area contributed by atoms with Crippen LogP contribution in [0.3, 0.4) is 0 Å². The molecule has 0 aliphatic carbocycles. The fraction of sp³-hybridized carbons (Fsp3) is 0.395. The van der Waals surface area contributed by atoms with Crippen LogP contribution in [0, 0.1) is 5.41 Å². The number of ether oxygens (including phenoxy) is 1. The van der Waals surface area contributed by atoms with Crippen LogP contribution in [0.2, 0.25) is 39.3 Å². The first-order valence-electron chi connectivity index (χ1n) is 17.6. The van der Waals surface area contributed by atoms with Crippen LogP contribution in [-0.2, 0) is 10.2 Å². The van der Waals surface area contributed by atoms with Gasteiger partial charge in [0, 0.05) is 26.2 Å². The lowest BCUT2D eigenvalue weighted by Gasteiger charge is -2.27. The topological polar surface area (TPSA) is 61.8 Å². The lowest BCUT2D eigenvalue weighted by Crippen LogP contribution is -2.29. The smallest absolute Gasteiger partial charge is 0.338 e. The number of hydrogen-bond acceptors (Lipinski definition) is 6. The molecular formula is C43H58O5SSi2. The zero-order valence-corrected chi connectivity index (χ0v) is 36.0. The minimum atomic E-state index is -1.56. The van der Waals surface area contributed by atoms with E-state index in [1.165, 1.54) is 11.1 Å². The maximum Gasteiger partial charge on any atom is 0.338 e.